The molecule has 1 heterocycles. The van der Waals surface area contributed by atoms with Crippen LogP contribution in [-0.2, 0) is 21.4 Å². The Labute approximate surface area is 139 Å². The molecule has 2 N–H and O–H groups in total. The van der Waals surface area contributed by atoms with Gasteiger partial charge in [-0.15, -0.1) is 0 Å². The number of hydrogen-bond donors (Lipinski definition) is 1. The summed E-state index contributed by atoms with van der Waals surface area (Å²) in [6.07, 6.45) is 4.49. The van der Waals surface area contributed by atoms with Crippen LogP contribution in [0.25, 0.3) is 0 Å². The highest BCUT2D eigenvalue weighted by Gasteiger charge is 2.41. The van der Waals surface area contributed by atoms with Crippen molar-refractivity contribution in [3.05, 3.63) is 29.3 Å². The van der Waals surface area contributed by atoms with Crippen LogP contribution < -0.4 is 5.73 Å². The van der Waals surface area contributed by atoms with Gasteiger partial charge in [-0.2, -0.15) is 0 Å². The molecule has 1 fully saturated rings. The Morgan fingerprint density at radius 3 is 2.61 bits per heavy atom. The van der Waals surface area contributed by atoms with Gasteiger partial charge in [-0.25, -0.2) is 0 Å². The maximum atomic E-state index is 12.0. The first kappa shape index (κ1) is 16.3. The third-order valence-electron chi connectivity index (χ3n) is 5.22. The number of anilines is 1. The molecule has 2 aliphatic rings. The van der Waals surface area contributed by atoms with Gasteiger partial charge in [-0.1, -0.05) is 12.1 Å². The number of benzene rings is 1. The summed E-state index contributed by atoms with van der Waals surface area (Å²) in [5.74, 6) is -0.121. The van der Waals surface area contributed by atoms with Crippen molar-refractivity contribution in [1.29, 1.82) is 0 Å². The van der Waals surface area contributed by atoms with Crippen LogP contribution in [0.3, 0.4) is 0 Å². The van der Waals surface area contributed by atoms with Crippen molar-refractivity contribution in [1.82, 2.24) is 4.90 Å². The second kappa shape index (κ2) is 5.82. The largest absolute Gasteiger partial charge is 0.459 e. The number of piperidine rings is 1. The number of nitrogens with two attached hydrogens (primary N) is 1. The summed E-state index contributed by atoms with van der Waals surface area (Å²) < 4.78 is 5.43. The molecule has 0 bridgehead atoms. The number of fused-ring (bicyclic) bond motifs is 2. The van der Waals surface area contributed by atoms with Gasteiger partial charge in [0.05, 0.1) is 6.54 Å². The summed E-state index contributed by atoms with van der Waals surface area (Å²) in [5, 5.41) is 0. The van der Waals surface area contributed by atoms with Crippen molar-refractivity contribution in [3.8, 4) is 0 Å². The molecule has 0 amide bonds. The minimum absolute atomic E-state index is 0.121. The van der Waals surface area contributed by atoms with Crippen LogP contribution in [0.4, 0.5) is 5.69 Å². The maximum absolute atomic E-state index is 12.0. The number of nitrogen functional groups attached to an aromatic ring is 1. The fourth-order valence-corrected chi connectivity index (χ4v) is 4.09. The van der Waals surface area contributed by atoms with Crippen LogP contribution in [0.15, 0.2) is 18.2 Å². The molecule has 4 heteroatoms. The lowest BCUT2D eigenvalue weighted by atomic mass is 9.74. The Morgan fingerprint density at radius 2 is 1.96 bits per heavy atom. The highest BCUT2D eigenvalue weighted by atomic mass is 16.6. The Bertz CT molecular complexity index is 596. The number of ether oxygens (including phenoxy) is 1. The number of esters is 1. The molecule has 0 atom stereocenters. The molecule has 3 rings (SSSR count). The summed E-state index contributed by atoms with van der Waals surface area (Å²) >= 11 is 0. The first-order chi connectivity index (χ1) is 10.8. The summed E-state index contributed by atoms with van der Waals surface area (Å²) in [5.41, 5.74) is 9.76. The normalized spacial score (nSPS) is 20.5. The van der Waals surface area contributed by atoms with Gasteiger partial charge < -0.3 is 10.5 Å². The minimum atomic E-state index is -0.407. The molecule has 23 heavy (non-hydrogen) atoms. The van der Waals surface area contributed by atoms with E-state index in [1.54, 1.807) is 0 Å². The van der Waals surface area contributed by atoms with Crippen molar-refractivity contribution < 1.29 is 9.53 Å². The quantitative estimate of drug-likeness (QED) is 0.673. The summed E-state index contributed by atoms with van der Waals surface area (Å²) in [6.45, 7) is 8.04. The Hall–Kier alpha value is -1.55. The van der Waals surface area contributed by atoms with Gasteiger partial charge in [-0.3, -0.25) is 9.69 Å². The maximum Gasteiger partial charge on any atom is 0.320 e. The van der Waals surface area contributed by atoms with Gasteiger partial charge in [0.2, 0.25) is 0 Å². The number of rotatable bonds is 2. The van der Waals surface area contributed by atoms with E-state index >= 15 is 0 Å². The van der Waals surface area contributed by atoms with Gasteiger partial charge in [0, 0.05) is 5.69 Å². The zero-order valence-corrected chi connectivity index (χ0v) is 14.5. The molecule has 126 valence electrons. The zero-order chi connectivity index (χ0) is 16.7. The van der Waals surface area contributed by atoms with Crippen LogP contribution in [0.5, 0.6) is 0 Å². The Balaban J connectivity index is 1.62. The van der Waals surface area contributed by atoms with Crippen LogP contribution in [0, 0.1) is 0 Å². The van der Waals surface area contributed by atoms with Crippen LogP contribution in [0.2, 0.25) is 0 Å². The average molecular weight is 316 g/mol. The van der Waals surface area contributed by atoms with E-state index in [0.29, 0.717) is 6.54 Å². The van der Waals surface area contributed by atoms with Crippen LogP contribution >= 0.6 is 0 Å². The van der Waals surface area contributed by atoms with Crippen LogP contribution in [-0.4, -0.2) is 36.1 Å². The third kappa shape index (κ3) is 3.37. The summed E-state index contributed by atoms with van der Waals surface area (Å²) in [7, 11) is 0. The number of likely N-dealkylation sites (tertiary alicyclic amines) is 1. The van der Waals surface area contributed by atoms with E-state index in [9.17, 15) is 4.79 Å². The molecular weight excluding hydrogens is 288 g/mol. The lowest BCUT2D eigenvalue weighted by Crippen LogP contribution is -2.44. The zero-order valence-electron chi connectivity index (χ0n) is 14.5. The van der Waals surface area contributed by atoms with E-state index in [1.807, 2.05) is 26.8 Å². The van der Waals surface area contributed by atoms with Gasteiger partial charge in [-0.05, 0) is 82.2 Å². The molecule has 1 aliphatic heterocycles. The highest BCUT2D eigenvalue weighted by Crippen LogP contribution is 2.47. The number of nitrogens with zero attached hydrogens (tertiary/aromatic N) is 1. The Morgan fingerprint density at radius 1 is 1.26 bits per heavy atom. The molecule has 1 aromatic carbocycles. The third-order valence-corrected chi connectivity index (χ3v) is 5.22. The first-order valence-electron chi connectivity index (χ1n) is 8.61. The summed E-state index contributed by atoms with van der Waals surface area (Å²) in [6, 6.07) is 6.34. The van der Waals surface area contributed by atoms with E-state index in [1.165, 1.54) is 17.5 Å². The van der Waals surface area contributed by atoms with E-state index < -0.39 is 5.60 Å². The highest BCUT2D eigenvalue weighted by molar-refractivity contribution is 5.72. The van der Waals surface area contributed by atoms with Crippen LogP contribution in [0.1, 0.15) is 51.2 Å². The number of hydrogen-bond acceptors (Lipinski definition) is 4. The molecular formula is C19H28N2O2. The monoisotopic (exact) mass is 316 g/mol. The van der Waals surface area contributed by atoms with Gasteiger partial charge in [0.15, 0.2) is 0 Å². The van der Waals surface area contributed by atoms with Gasteiger partial charge in [0.1, 0.15) is 5.60 Å². The van der Waals surface area contributed by atoms with E-state index in [0.717, 1.165) is 38.0 Å². The van der Waals surface area contributed by atoms with Gasteiger partial charge in [0.25, 0.3) is 0 Å². The predicted octanol–water partition coefficient (Wildman–Crippen LogP) is 2.89. The average Bonchev–Trinajstić information content (AvgIpc) is 2.80. The van der Waals surface area contributed by atoms with Gasteiger partial charge >= 0.3 is 5.97 Å². The van der Waals surface area contributed by atoms with Crippen molar-refractivity contribution in [2.75, 3.05) is 25.4 Å². The molecule has 1 spiro atoms. The van der Waals surface area contributed by atoms with Crippen molar-refractivity contribution >= 4 is 11.7 Å². The fraction of sp³-hybridized carbons (Fsp3) is 0.632. The molecule has 1 aromatic rings. The molecule has 4 nitrogen and oxygen atoms in total. The lowest BCUT2D eigenvalue weighted by Gasteiger charge is -2.40. The van der Waals surface area contributed by atoms with E-state index in [4.69, 9.17) is 10.5 Å². The Kier molecular flexibility index (Phi) is 4.13. The predicted molar refractivity (Wildman–Crippen MR) is 92.4 cm³/mol. The minimum Gasteiger partial charge on any atom is -0.459 e. The number of carbonyl (C=O) groups excluding carboxylic acids is 1. The topological polar surface area (TPSA) is 55.6 Å². The SMILES string of the molecule is CC(C)(C)OC(=O)CN1CCC2(CCc3c(N)cccc32)CC1. The van der Waals surface area contributed by atoms with Crippen molar-refractivity contribution in [3.63, 3.8) is 0 Å². The van der Waals surface area contributed by atoms with E-state index in [2.05, 4.69) is 17.0 Å². The molecule has 0 saturated carbocycles. The fourth-order valence-electron chi connectivity index (χ4n) is 4.09. The standard InChI is InChI=1S/C19H28N2O2/c1-18(2,3)23-17(22)13-21-11-9-19(10-12-21)8-7-14-15(19)5-4-6-16(14)20/h4-6H,7-13,20H2,1-3H3. The number of carbonyl (C=O) groups is 1. The molecule has 0 unspecified atom stereocenters. The molecule has 0 aromatic heterocycles. The molecule has 1 aliphatic carbocycles. The lowest BCUT2D eigenvalue weighted by molar-refractivity contribution is -0.156. The second-order valence-electron chi connectivity index (χ2n) is 8.02. The first-order valence-corrected chi connectivity index (χ1v) is 8.61. The van der Waals surface area contributed by atoms with Crippen molar-refractivity contribution in [2.24, 2.45) is 0 Å². The van der Waals surface area contributed by atoms with E-state index in [-0.39, 0.29) is 11.4 Å². The smallest absolute Gasteiger partial charge is 0.320 e. The summed E-state index contributed by atoms with van der Waals surface area (Å²) in [4.78, 5) is 14.2. The molecule has 0 radical (unpaired) electrons. The second-order valence-corrected chi connectivity index (χ2v) is 8.02. The van der Waals surface area contributed by atoms with Crippen molar-refractivity contribution in [2.45, 2.75) is 57.5 Å². The molecule has 1 saturated heterocycles.